The van der Waals surface area contributed by atoms with Crippen molar-refractivity contribution < 1.29 is 9.59 Å². The molecule has 5 aliphatic rings. The molecule has 1 saturated heterocycles. The van der Waals surface area contributed by atoms with Gasteiger partial charge in [0.2, 0.25) is 5.91 Å². The van der Waals surface area contributed by atoms with E-state index in [9.17, 15) is 9.59 Å². The van der Waals surface area contributed by atoms with Crippen LogP contribution in [-0.4, -0.2) is 46.4 Å². The quantitative estimate of drug-likeness (QED) is 0.693. The van der Waals surface area contributed by atoms with E-state index in [-0.39, 0.29) is 11.9 Å². The van der Waals surface area contributed by atoms with Crippen LogP contribution >= 0.6 is 0 Å². The third kappa shape index (κ3) is 3.93. The lowest BCUT2D eigenvalue weighted by Gasteiger charge is -2.57. The van der Waals surface area contributed by atoms with Gasteiger partial charge in [0.1, 0.15) is 0 Å². The van der Waals surface area contributed by atoms with Crippen LogP contribution in [0.4, 0.5) is 4.79 Å². The molecule has 5 nitrogen and oxygen atoms in total. The summed E-state index contributed by atoms with van der Waals surface area (Å²) < 4.78 is 0. The molecule has 1 aliphatic heterocycles. The second kappa shape index (κ2) is 7.73. The zero-order chi connectivity index (χ0) is 19.8. The van der Waals surface area contributed by atoms with E-state index in [4.69, 9.17) is 0 Å². The fraction of sp³-hybridized carbons (Fsp3) is 0.708. The van der Waals surface area contributed by atoms with E-state index in [0.29, 0.717) is 24.9 Å². The molecule has 3 amide bonds. The molecule has 1 aromatic rings. The first-order valence-electron chi connectivity index (χ1n) is 11.6. The first-order chi connectivity index (χ1) is 14.1. The highest BCUT2D eigenvalue weighted by atomic mass is 16.2. The van der Waals surface area contributed by atoms with Gasteiger partial charge in [0.25, 0.3) is 0 Å². The van der Waals surface area contributed by atoms with Crippen LogP contribution in [0.25, 0.3) is 0 Å². The van der Waals surface area contributed by atoms with Crippen molar-refractivity contribution in [3.63, 3.8) is 0 Å². The Hall–Kier alpha value is -1.91. The third-order valence-corrected chi connectivity index (χ3v) is 8.07. The van der Waals surface area contributed by atoms with Crippen molar-refractivity contribution in [3.05, 3.63) is 30.1 Å². The van der Waals surface area contributed by atoms with E-state index in [1.165, 1.54) is 49.0 Å². The van der Waals surface area contributed by atoms with Crippen LogP contribution in [-0.2, 0) is 11.2 Å². The van der Waals surface area contributed by atoms with E-state index in [0.717, 1.165) is 43.6 Å². The van der Waals surface area contributed by atoms with E-state index >= 15 is 0 Å². The number of hydrogen-bond acceptors (Lipinski definition) is 3. The smallest absolute Gasteiger partial charge is 0.324 e. The summed E-state index contributed by atoms with van der Waals surface area (Å²) in [5.41, 5.74) is 1.69. The number of hydrogen-bond donors (Lipinski definition) is 0. The SMILES string of the molecule is O=C1CCN(CCC23CC4CC(CC(C4)C2)C3)C(=O)N1CCCc1ccncc1. The Morgan fingerprint density at radius 2 is 1.62 bits per heavy atom. The van der Waals surface area contributed by atoms with Gasteiger partial charge in [-0.25, -0.2) is 4.79 Å². The van der Waals surface area contributed by atoms with E-state index in [1.807, 2.05) is 17.0 Å². The predicted octanol–water partition coefficient (Wildman–Crippen LogP) is 4.28. The van der Waals surface area contributed by atoms with Crippen molar-refractivity contribution in [3.8, 4) is 0 Å². The van der Waals surface area contributed by atoms with Crippen molar-refractivity contribution >= 4 is 11.9 Å². The van der Waals surface area contributed by atoms with Crippen molar-refractivity contribution in [1.82, 2.24) is 14.8 Å². The second-order valence-corrected chi connectivity index (χ2v) is 10.2. The molecule has 0 unspecified atom stereocenters. The molecule has 0 spiro atoms. The van der Waals surface area contributed by atoms with Crippen LogP contribution in [0.3, 0.4) is 0 Å². The lowest BCUT2D eigenvalue weighted by atomic mass is 9.49. The van der Waals surface area contributed by atoms with Crippen molar-refractivity contribution in [1.29, 1.82) is 0 Å². The molecule has 0 aromatic carbocycles. The average molecular weight is 396 g/mol. The van der Waals surface area contributed by atoms with Gasteiger partial charge in [0, 0.05) is 38.4 Å². The molecule has 156 valence electrons. The van der Waals surface area contributed by atoms with Gasteiger partial charge in [-0.15, -0.1) is 0 Å². The van der Waals surface area contributed by atoms with Crippen LogP contribution in [0, 0.1) is 23.2 Å². The lowest BCUT2D eigenvalue weighted by Crippen LogP contribution is -2.54. The minimum absolute atomic E-state index is 0.00390. The molecule has 4 saturated carbocycles. The number of urea groups is 1. The molecule has 29 heavy (non-hydrogen) atoms. The summed E-state index contributed by atoms with van der Waals surface area (Å²) >= 11 is 0. The second-order valence-electron chi connectivity index (χ2n) is 10.2. The van der Waals surface area contributed by atoms with Crippen LogP contribution in [0.15, 0.2) is 24.5 Å². The van der Waals surface area contributed by atoms with Gasteiger partial charge in [-0.2, -0.15) is 0 Å². The molecular formula is C24H33N3O2. The van der Waals surface area contributed by atoms with Crippen molar-refractivity contribution in [2.45, 2.75) is 64.2 Å². The zero-order valence-corrected chi connectivity index (χ0v) is 17.4. The number of rotatable bonds is 7. The maximum atomic E-state index is 13.0. The largest absolute Gasteiger partial charge is 0.326 e. The first kappa shape index (κ1) is 19.1. The molecular weight excluding hydrogens is 362 g/mol. The van der Waals surface area contributed by atoms with E-state index in [2.05, 4.69) is 4.98 Å². The molecule has 4 aliphatic carbocycles. The molecule has 1 aromatic heterocycles. The van der Waals surface area contributed by atoms with Gasteiger partial charge in [-0.05, 0) is 98.7 Å². The Kier molecular flexibility index (Phi) is 5.09. The molecule has 0 radical (unpaired) electrons. The standard InChI is InChI=1S/C24H33N3O2/c28-22-5-10-26(23(29)27(22)9-1-2-18-3-7-25-8-4-18)11-6-24-15-19-12-20(16-24)14-21(13-19)17-24/h3-4,7-8,19-21H,1-2,5-6,9-17H2. The van der Waals surface area contributed by atoms with Crippen LogP contribution in [0.2, 0.25) is 0 Å². The monoisotopic (exact) mass is 395 g/mol. The Balaban J connectivity index is 1.16. The fourth-order valence-corrected chi connectivity index (χ4v) is 7.13. The van der Waals surface area contributed by atoms with Gasteiger partial charge in [-0.3, -0.25) is 14.7 Å². The van der Waals surface area contributed by atoms with Gasteiger partial charge in [-0.1, -0.05) is 0 Å². The first-order valence-corrected chi connectivity index (χ1v) is 11.6. The summed E-state index contributed by atoms with van der Waals surface area (Å²) in [5.74, 6) is 2.84. The van der Waals surface area contributed by atoms with Gasteiger partial charge >= 0.3 is 6.03 Å². The molecule has 5 fully saturated rings. The molecule has 5 heteroatoms. The number of carbonyl (C=O) groups is 2. The normalized spacial score (nSPS) is 33.6. The Bertz CT molecular complexity index is 727. The molecule has 6 rings (SSSR count). The number of pyridine rings is 1. The minimum atomic E-state index is -0.0549. The van der Waals surface area contributed by atoms with E-state index in [1.54, 1.807) is 12.4 Å². The maximum absolute atomic E-state index is 13.0. The Labute approximate surface area is 173 Å². The van der Waals surface area contributed by atoms with Crippen LogP contribution < -0.4 is 0 Å². The summed E-state index contributed by atoms with van der Waals surface area (Å²) in [6.07, 6.45) is 15.4. The summed E-state index contributed by atoms with van der Waals surface area (Å²) in [4.78, 5) is 32.9. The van der Waals surface area contributed by atoms with Gasteiger partial charge < -0.3 is 4.90 Å². The Morgan fingerprint density at radius 3 is 2.28 bits per heavy atom. The highest BCUT2D eigenvalue weighted by Gasteiger charge is 2.50. The van der Waals surface area contributed by atoms with Gasteiger partial charge in [0.15, 0.2) is 0 Å². The highest BCUT2D eigenvalue weighted by molar-refractivity contribution is 5.96. The van der Waals surface area contributed by atoms with Crippen LogP contribution in [0.1, 0.15) is 63.4 Å². The zero-order valence-electron chi connectivity index (χ0n) is 17.4. The molecule has 4 bridgehead atoms. The number of aromatic nitrogens is 1. The van der Waals surface area contributed by atoms with Crippen molar-refractivity contribution in [2.24, 2.45) is 23.2 Å². The summed E-state index contributed by atoms with van der Waals surface area (Å²) in [6.45, 7) is 1.96. The number of nitrogens with zero attached hydrogens (tertiary/aromatic N) is 3. The average Bonchev–Trinajstić information content (AvgIpc) is 2.70. The number of aryl methyl sites for hydroxylation is 1. The highest BCUT2D eigenvalue weighted by Crippen LogP contribution is 2.61. The number of amides is 3. The third-order valence-electron chi connectivity index (χ3n) is 8.07. The number of imide groups is 1. The molecule has 0 atom stereocenters. The molecule has 2 heterocycles. The van der Waals surface area contributed by atoms with Crippen molar-refractivity contribution in [2.75, 3.05) is 19.6 Å². The van der Waals surface area contributed by atoms with Crippen LogP contribution in [0.5, 0.6) is 0 Å². The summed E-state index contributed by atoms with van der Waals surface area (Å²) in [7, 11) is 0. The summed E-state index contributed by atoms with van der Waals surface area (Å²) in [6, 6.07) is 3.94. The summed E-state index contributed by atoms with van der Waals surface area (Å²) in [5, 5.41) is 0. The topological polar surface area (TPSA) is 53.5 Å². The van der Waals surface area contributed by atoms with Gasteiger partial charge in [0.05, 0.1) is 0 Å². The fourth-order valence-electron chi connectivity index (χ4n) is 7.13. The van der Waals surface area contributed by atoms with E-state index < -0.39 is 0 Å². The lowest BCUT2D eigenvalue weighted by molar-refractivity contribution is -0.131. The number of carbonyl (C=O) groups excluding carboxylic acids is 2. The molecule has 0 N–H and O–H groups in total. The minimum Gasteiger partial charge on any atom is -0.324 e. The maximum Gasteiger partial charge on any atom is 0.326 e. The predicted molar refractivity (Wildman–Crippen MR) is 111 cm³/mol. The Morgan fingerprint density at radius 1 is 0.966 bits per heavy atom.